The van der Waals surface area contributed by atoms with Crippen LogP contribution in [0, 0.1) is 11.8 Å². The fourth-order valence-electron chi connectivity index (χ4n) is 3.60. The number of anilines is 1. The molecule has 2 fully saturated rings. The van der Waals surface area contributed by atoms with Crippen LogP contribution >= 0.6 is 0 Å². The van der Waals surface area contributed by atoms with Gasteiger partial charge in [0.2, 0.25) is 0 Å². The van der Waals surface area contributed by atoms with E-state index in [0.29, 0.717) is 12.0 Å². The second-order valence-corrected chi connectivity index (χ2v) is 7.76. The Labute approximate surface area is 193 Å². The van der Waals surface area contributed by atoms with Gasteiger partial charge in [0, 0.05) is 38.3 Å². The Morgan fingerprint density at radius 3 is 1.88 bits per heavy atom. The molecule has 11 nitrogen and oxygen atoms in total. The zero-order chi connectivity index (χ0) is 24.1. The number of hydrogen-bond donors (Lipinski definition) is 2. The summed E-state index contributed by atoms with van der Waals surface area (Å²) in [5.74, 6) is -0.153. The molecule has 2 aliphatic rings. The van der Waals surface area contributed by atoms with Crippen molar-refractivity contribution in [2.24, 2.45) is 11.8 Å². The Bertz CT molecular complexity index is 892. The molecule has 2 saturated heterocycles. The van der Waals surface area contributed by atoms with Crippen LogP contribution in [0.25, 0.3) is 0 Å². The maximum Gasteiger partial charge on any atom is 0.335 e. The predicted octanol–water partition coefficient (Wildman–Crippen LogP) is -0.0915. The average Bonchev–Trinajstić information content (AvgIpc) is 3.13. The van der Waals surface area contributed by atoms with Crippen molar-refractivity contribution >= 4 is 34.8 Å². The van der Waals surface area contributed by atoms with Gasteiger partial charge in [0.05, 0.1) is 23.8 Å². The van der Waals surface area contributed by atoms with Crippen molar-refractivity contribution in [3.05, 3.63) is 48.3 Å². The summed E-state index contributed by atoms with van der Waals surface area (Å²) in [6.45, 7) is 3.66. The smallest absolute Gasteiger partial charge is 0.335 e. The summed E-state index contributed by atoms with van der Waals surface area (Å²) in [7, 11) is 4.06. The van der Waals surface area contributed by atoms with Crippen LogP contribution in [-0.2, 0) is 27.9 Å². The van der Waals surface area contributed by atoms with Crippen molar-refractivity contribution in [1.82, 2.24) is 19.6 Å². The van der Waals surface area contributed by atoms with E-state index < -0.39 is 29.1 Å². The summed E-state index contributed by atoms with van der Waals surface area (Å²) in [5, 5.41) is 12.7. The molecule has 176 valence electrons. The van der Waals surface area contributed by atoms with Crippen molar-refractivity contribution in [2.45, 2.75) is 6.04 Å². The summed E-state index contributed by atoms with van der Waals surface area (Å²) in [6.07, 6.45) is 3.65. The standard InChI is InChI=1S/C14H18N4.C5H9NO2.2O2S/c1-17-8-12(9-17)14(11-5-3-2-4-6-11)18-10-13(15)7-16-18;1-6-2-4(3-6)5(7)8;2*1-3-2/h2-7,10,12,14H,8-9,15H2,1H3;4H,2-3H2,1H3,(H,7,8);;. The highest BCUT2D eigenvalue weighted by Crippen LogP contribution is 2.32. The molecule has 2 aromatic rings. The number of aromatic nitrogens is 2. The largest absolute Gasteiger partial charge is 0.481 e. The van der Waals surface area contributed by atoms with E-state index in [1.807, 2.05) is 28.9 Å². The van der Waals surface area contributed by atoms with E-state index in [-0.39, 0.29) is 5.92 Å². The zero-order valence-electron chi connectivity index (χ0n) is 17.8. The van der Waals surface area contributed by atoms with Crippen molar-refractivity contribution in [3.63, 3.8) is 0 Å². The summed E-state index contributed by atoms with van der Waals surface area (Å²) in [5.41, 5.74) is 7.82. The maximum absolute atomic E-state index is 10.1. The molecule has 1 atom stereocenters. The van der Waals surface area contributed by atoms with Crippen LogP contribution in [-0.4, -0.2) is 87.8 Å². The first-order valence-corrected chi connectivity index (χ1v) is 10.9. The van der Waals surface area contributed by atoms with Crippen molar-refractivity contribution in [1.29, 1.82) is 0 Å². The molecule has 2 aliphatic heterocycles. The van der Waals surface area contributed by atoms with E-state index in [0.717, 1.165) is 31.9 Å². The molecule has 0 aliphatic carbocycles. The highest BCUT2D eigenvalue weighted by atomic mass is 32.1. The van der Waals surface area contributed by atoms with Crippen LogP contribution in [0.3, 0.4) is 0 Å². The van der Waals surface area contributed by atoms with Crippen LogP contribution in [0.1, 0.15) is 11.6 Å². The Hall–Kier alpha value is -2.74. The van der Waals surface area contributed by atoms with Crippen molar-refractivity contribution < 1.29 is 26.7 Å². The molecule has 13 heteroatoms. The van der Waals surface area contributed by atoms with E-state index in [9.17, 15) is 4.79 Å². The monoisotopic (exact) mass is 485 g/mol. The lowest BCUT2D eigenvalue weighted by molar-refractivity contribution is -0.146. The first-order chi connectivity index (χ1) is 15.3. The molecule has 3 heterocycles. The third kappa shape index (κ3) is 8.78. The Balaban J connectivity index is 0.000000304. The van der Waals surface area contributed by atoms with Gasteiger partial charge in [-0.3, -0.25) is 9.48 Å². The predicted molar refractivity (Wildman–Crippen MR) is 119 cm³/mol. The summed E-state index contributed by atoms with van der Waals surface area (Å²) < 4.78 is 35.2. The second-order valence-electron chi connectivity index (χ2n) is 7.48. The normalized spacial score (nSPS) is 16.8. The molecule has 0 spiro atoms. The van der Waals surface area contributed by atoms with Crippen LogP contribution in [0.15, 0.2) is 42.7 Å². The second kappa shape index (κ2) is 14.3. The number of rotatable bonds is 4. The minimum Gasteiger partial charge on any atom is -0.481 e. The maximum atomic E-state index is 10.1. The summed E-state index contributed by atoms with van der Waals surface area (Å²) in [4.78, 5) is 14.4. The van der Waals surface area contributed by atoms with Crippen molar-refractivity contribution in [3.8, 4) is 0 Å². The molecule has 32 heavy (non-hydrogen) atoms. The molecule has 1 aromatic carbocycles. The highest BCUT2D eigenvalue weighted by Gasteiger charge is 2.33. The van der Waals surface area contributed by atoms with Gasteiger partial charge in [-0.2, -0.15) is 21.9 Å². The van der Waals surface area contributed by atoms with Gasteiger partial charge in [0.1, 0.15) is 0 Å². The van der Waals surface area contributed by atoms with E-state index in [2.05, 4.69) is 41.3 Å². The van der Waals surface area contributed by atoms with E-state index in [1.165, 1.54) is 5.56 Å². The molecule has 0 amide bonds. The average molecular weight is 486 g/mol. The Morgan fingerprint density at radius 1 is 1.03 bits per heavy atom. The highest BCUT2D eigenvalue weighted by molar-refractivity contribution is 7.51. The zero-order valence-corrected chi connectivity index (χ0v) is 19.4. The molecule has 0 bridgehead atoms. The number of aliphatic carboxylic acids is 1. The van der Waals surface area contributed by atoms with Crippen LogP contribution in [0.5, 0.6) is 0 Å². The van der Waals surface area contributed by atoms with E-state index in [4.69, 9.17) is 27.7 Å². The van der Waals surface area contributed by atoms with E-state index in [1.54, 1.807) is 6.20 Å². The van der Waals surface area contributed by atoms with Gasteiger partial charge in [0.25, 0.3) is 0 Å². The lowest BCUT2D eigenvalue weighted by atomic mass is 9.87. The molecule has 0 radical (unpaired) electrons. The number of hydrogen-bond acceptors (Lipinski definition) is 9. The van der Waals surface area contributed by atoms with Crippen molar-refractivity contribution in [2.75, 3.05) is 46.0 Å². The van der Waals surface area contributed by atoms with Gasteiger partial charge in [0.15, 0.2) is 0 Å². The number of carboxylic acids is 1. The number of nitrogens with two attached hydrogens (primary N) is 1. The first-order valence-electron chi connectivity index (χ1n) is 9.55. The summed E-state index contributed by atoms with van der Waals surface area (Å²) >= 11 is -1.50. The Morgan fingerprint density at radius 2 is 1.53 bits per heavy atom. The van der Waals surface area contributed by atoms with Gasteiger partial charge in [-0.1, -0.05) is 30.3 Å². The number of nitrogens with zero attached hydrogens (tertiary/aromatic N) is 4. The van der Waals surface area contributed by atoms with Gasteiger partial charge in [-0.05, 0) is 19.7 Å². The summed E-state index contributed by atoms with van der Waals surface area (Å²) in [6, 6.07) is 10.8. The SMILES string of the molecule is CN1CC(C(=O)O)C1.CN1CC(C(c2ccccc2)n2cc(N)cn2)C1.O=S=O.O=S=O. The quantitative estimate of drug-likeness (QED) is 0.600. The molecule has 0 saturated carbocycles. The van der Waals surface area contributed by atoms with Gasteiger partial charge < -0.3 is 20.6 Å². The number of nitrogen functional groups attached to an aromatic ring is 1. The fourth-order valence-corrected chi connectivity index (χ4v) is 3.60. The van der Waals surface area contributed by atoms with Crippen LogP contribution in [0.4, 0.5) is 5.69 Å². The molecule has 1 aromatic heterocycles. The lowest BCUT2D eigenvalue weighted by Crippen LogP contribution is -2.48. The molecular weight excluding hydrogens is 458 g/mol. The van der Waals surface area contributed by atoms with E-state index >= 15 is 0 Å². The van der Waals surface area contributed by atoms with Crippen LogP contribution < -0.4 is 5.73 Å². The number of carbonyl (C=O) groups is 1. The lowest BCUT2D eigenvalue weighted by Gasteiger charge is -2.41. The van der Waals surface area contributed by atoms with Gasteiger partial charge >= 0.3 is 29.1 Å². The third-order valence-corrected chi connectivity index (χ3v) is 5.00. The van der Waals surface area contributed by atoms with Gasteiger partial charge in [-0.25, -0.2) is 0 Å². The fraction of sp³-hybridized carbons (Fsp3) is 0.474. The minimum absolute atomic E-state index is 0.0972. The third-order valence-electron chi connectivity index (χ3n) is 5.00. The molecule has 3 N–H and O–H groups in total. The van der Waals surface area contributed by atoms with Gasteiger partial charge in [-0.15, -0.1) is 0 Å². The molecule has 4 rings (SSSR count). The Kier molecular flexibility index (Phi) is 12.2. The minimum atomic E-state index is -0.750. The first kappa shape index (κ1) is 27.3. The topological polar surface area (TPSA) is 156 Å². The number of carboxylic acid groups (broad SMARTS) is 1. The number of benzene rings is 1. The number of likely N-dealkylation sites (tertiary alicyclic amines) is 2. The van der Waals surface area contributed by atoms with Crippen LogP contribution in [0.2, 0.25) is 0 Å². The molecular formula is C19H27N5O6S2. The molecule has 1 unspecified atom stereocenters.